The van der Waals surface area contributed by atoms with Gasteiger partial charge in [0.2, 0.25) is 0 Å². The highest BCUT2D eigenvalue weighted by Crippen LogP contribution is 2.55. The lowest BCUT2D eigenvalue weighted by Crippen LogP contribution is -2.33. The van der Waals surface area contributed by atoms with Crippen LogP contribution in [-0.4, -0.2) is 57.5 Å². The normalized spacial score (nSPS) is 24.2. The molecule has 1 saturated carbocycles. The molecule has 0 aromatic heterocycles. The largest absolute Gasteiger partial charge is 0.588 e. The van der Waals surface area contributed by atoms with E-state index in [2.05, 4.69) is 9.62 Å². The van der Waals surface area contributed by atoms with Crippen molar-refractivity contribution in [1.82, 2.24) is 4.90 Å². The molecule has 0 spiro atoms. The van der Waals surface area contributed by atoms with Crippen LogP contribution in [0.1, 0.15) is 54.1 Å². The smallest absolute Gasteiger partial charge is 0.341 e. The van der Waals surface area contributed by atoms with Gasteiger partial charge in [0, 0.05) is 30.5 Å². The van der Waals surface area contributed by atoms with Gasteiger partial charge in [0.1, 0.15) is 34.2 Å². The summed E-state index contributed by atoms with van der Waals surface area (Å²) >= 11 is -1.84. The van der Waals surface area contributed by atoms with Gasteiger partial charge in [0.15, 0.2) is 4.90 Å². The van der Waals surface area contributed by atoms with E-state index >= 15 is 0 Å². The van der Waals surface area contributed by atoms with Crippen molar-refractivity contribution in [3.8, 4) is 5.75 Å². The molecule has 192 valence electrons. The van der Waals surface area contributed by atoms with Crippen molar-refractivity contribution in [1.29, 1.82) is 0 Å². The Bertz CT molecular complexity index is 1200. The maximum atomic E-state index is 14.1. The van der Waals surface area contributed by atoms with E-state index in [1.54, 1.807) is 12.1 Å². The molecule has 2 fully saturated rings. The van der Waals surface area contributed by atoms with Crippen LogP contribution in [0.25, 0.3) is 6.08 Å². The molecule has 0 bridgehead atoms. The van der Waals surface area contributed by atoms with Crippen LogP contribution >= 0.6 is 0 Å². The SMILES string of the molecule is CC(C)(O)[C@@H]1CCN(C/C=C\c2cc(F)ccc2[S+]([O-])Nc2ccc3c(c2C(=O)O)OC[C@@H]2C[C@H]32)C1. The summed E-state index contributed by atoms with van der Waals surface area (Å²) in [7, 11) is 0. The second kappa shape index (κ2) is 9.70. The fourth-order valence-electron chi connectivity index (χ4n) is 5.22. The van der Waals surface area contributed by atoms with Gasteiger partial charge in [-0.1, -0.05) is 18.2 Å². The number of ether oxygens (including phenoxy) is 1. The first-order chi connectivity index (χ1) is 17.1. The van der Waals surface area contributed by atoms with E-state index in [1.807, 2.05) is 26.0 Å². The summed E-state index contributed by atoms with van der Waals surface area (Å²) in [6, 6.07) is 7.48. The highest BCUT2D eigenvalue weighted by molar-refractivity contribution is 7.92. The fourth-order valence-corrected chi connectivity index (χ4v) is 6.24. The number of hydrogen-bond donors (Lipinski definition) is 3. The first-order valence-electron chi connectivity index (χ1n) is 12.2. The Morgan fingerprint density at radius 2 is 2.17 bits per heavy atom. The summed E-state index contributed by atoms with van der Waals surface area (Å²) in [4.78, 5) is 14.7. The fraction of sp³-hybridized carbons (Fsp3) is 0.444. The summed E-state index contributed by atoms with van der Waals surface area (Å²) in [6.07, 6.45) is 5.53. The van der Waals surface area contributed by atoms with E-state index in [4.69, 9.17) is 4.74 Å². The van der Waals surface area contributed by atoms with Gasteiger partial charge in [-0.2, -0.15) is 0 Å². The summed E-state index contributed by atoms with van der Waals surface area (Å²) in [5.41, 5.74) is 0.784. The first-order valence-corrected chi connectivity index (χ1v) is 13.4. The second-order valence-corrected chi connectivity index (χ2v) is 11.7. The van der Waals surface area contributed by atoms with Crippen LogP contribution in [0.2, 0.25) is 0 Å². The average Bonchev–Trinajstić information content (AvgIpc) is 3.45. The van der Waals surface area contributed by atoms with Crippen LogP contribution in [0.4, 0.5) is 10.1 Å². The van der Waals surface area contributed by atoms with Gasteiger partial charge in [-0.15, -0.1) is 0 Å². The zero-order valence-electron chi connectivity index (χ0n) is 20.4. The molecule has 0 amide bonds. The summed E-state index contributed by atoms with van der Waals surface area (Å²) in [6.45, 7) is 6.40. The van der Waals surface area contributed by atoms with Crippen molar-refractivity contribution in [3.05, 3.63) is 58.9 Å². The van der Waals surface area contributed by atoms with Gasteiger partial charge in [-0.3, -0.25) is 4.90 Å². The number of aromatic carboxylic acids is 1. The number of carboxylic acid groups (broad SMARTS) is 1. The molecular formula is C27H31FN2O5S. The van der Waals surface area contributed by atoms with Crippen molar-refractivity contribution >= 4 is 29.1 Å². The van der Waals surface area contributed by atoms with Gasteiger partial charge in [-0.25, -0.2) is 13.9 Å². The molecule has 4 atom stereocenters. The molecule has 2 heterocycles. The topological polar surface area (TPSA) is 105 Å². The molecule has 1 saturated heterocycles. The van der Waals surface area contributed by atoms with Crippen LogP contribution < -0.4 is 9.46 Å². The van der Waals surface area contributed by atoms with Crippen LogP contribution in [-0.2, 0) is 11.4 Å². The zero-order valence-corrected chi connectivity index (χ0v) is 21.2. The van der Waals surface area contributed by atoms with Gasteiger partial charge in [-0.05, 0) is 69.0 Å². The Kier molecular flexibility index (Phi) is 6.76. The number of nitrogens with one attached hydrogen (secondary N) is 1. The molecule has 5 rings (SSSR count). The molecule has 3 N–H and O–H groups in total. The Morgan fingerprint density at radius 1 is 1.36 bits per heavy atom. The average molecular weight is 515 g/mol. The van der Waals surface area contributed by atoms with Crippen molar-refractivity contribution in [3.63, 3.8) is 0 Å². The maximum absolute atomic E-state index is 14.1. The maximum Gasteiger partial charge on any atom is 0.341 e. The van der Waals surface area contributed by atoms with Crippen LogP contribution in [0.5, 0.6) is 5.75 Å². The van der Waals surface area contributed by atoms with Crippen molar-refractivity contribution < 1.29 is 28.7 Å². The third-order valence-corrected chi connectivity index (χ3v) is 8.65. The molecule has 2 aromatic rings. The van der Waals surface area contributed by atoms with Gasteiger partial charge < -0.3 is 19.5 Å². The predicted octanol–water partition coefficient (Wildman–Crippen LogP) is 4.26. The number of aliphatic hydroxyl groups is 1. The Balaban J connectivity index is 1.33. The molecule has 1 unspecified atom stereocenters. The zero-order chi connectivity index (χ0) is 25.6. The monoisotopic (exact) mass is 514 g/mol. The third-order valence-electron chi connectivity index (χ3n) is 7.47. The predicted molar refractivity (Wildman–Crippen MR) is 136 cm³/mol. The Hall–Kier alpha value is -2.59. The lowest BCUT2D eigenvalue weighted by atomic mass is 9.90. The highest BCUT2D eigenvalue weighted by Gasteiger charge is 2.45. The third kappa shape index (κ3) is 5.11. The minimum Gasteiger partial charge on any atom is -0.588 e. The van der Waals surface area contributed by atoms with E-state index in [0.717, 1.165) is 31.5 Å². The molecule has 9 heteroatoms. The van der Waals surface area contributed by atoms with Gasteiger partial charge in [0.05, 0.1) is 12.2 Å². The minimum atomic E-state index is -1.84. The second-order valence-electron chi connectivity index (χ2n) is 10.5. The number of fused-ring (bicyclic) bond motifs is 3. The van der Waals surface area contributed by atoms with Crippen molar-refractivity contribution in [2.75, 3.05) is 31.0 Å². The molecule has 0 radical (unpaired) electrons. The number of benzene rings is 2. The highest BCUT2D eigenvalue weighted by atomic mass is 32.2. The van der Waals surface area contributed by atoms with E-state index in [9.17, 15) is 24.0 Å². The van der Waals surface area contributed by atoms with E-state index in [-0.39, 0.29) is 17.2 Å². The van der Waals surface area contributed by atoms with Gasteiger partial charge >= 0.3 is 5.97 Å². The number of likely N-dealkylation sites (tertiary alicyclic amines) is 1. The molecule has 36 heavy (non-hydrogen) atoms. The molecule has 2 aliphatic heterocycles. The van der Waals surface area contributed by atoms with Crippen molar-refractivity contribution in [2.45, 2.75) is 43.1 Å². The summed E-state index contributed by atoms with van der Waals surface area (Å²) < 4.78 is 36.0. The minimum absolute atomic E-state index is 0.0270. The number of carbonyl (C=O) groups is 1. The number of hydrogen-bond acceptors (Lipinski definition) is 6. The standard InChI is InChI=1S/C27H31FN2O5S/c1-27(2,33)18-9-11-30(14-18)10-3-4-16-12-19(28)5-8-23(16)36(34)29-22-7-6-20-21-13-17(21)15-35-25(20)24(22)26(31)32/h3-8,12,17-18,21,29,33H,9-11,13-15H2,1-2H3,(H,31,32)/b4-3-/t17-,18+,21-,36?/m0/s1. The quantitative estimate of drug-likeness (QED) is 0.452. The summed E-state index contributed by atoms with van der Waals surface area (Å²) in [5.74, 6) is -0.290. The van der Waals surface area contributed by atoms with E-state index in [0.29, 0.717) is 41.2 Å². The number of carboxylic acids is 1. The molecule has 3 aliphatic rings. The van der Waals surface area contributed by atoms with E-state index < -0.39 is 28.7 Å². The van der Waals surface area contributed by atoms with Crippen LogP contribution in [0.3, 0.4) is 0 Å². The molecule has 7 nitrogen and oxygen atoms in total. The molecular weight excluding hydrogens is 483 g/mol. The van der Waals surface area contributed by atoms with Gasteiger partial charge in [0.25, 0.3) is 0 Å². The van der Waals surface area contributed by atoms with E-state index in [1.165, 1.54) is 18.2 Å². The first kappa shape index (κ1) is 25.1. The Morgan fingerprint density at radius 3 is 2.89 bits per heavy atom. The lowest BCUT2D eigenvalue weighted by Gasteiger charge is -2.25. The molecule has 2 aromatic carbocycles. The number of anilines is 1. The van der Waals surface area contributed by atoms with Crippen LogP contribution in [0, 0.1) is 17.7 Å². The summed E-state index contributed by atoms with van der Waals surface area (Å²) in [5, 5.41) is 20.1. The number of halogens is 1. The van der Waals surface area contributed by atoms with Crippen LogP contribution in [0.15, 0.2) is 41.3 Å². The number of rotatable bonds is 8. The number of nitrogens with zero attached hydrogens (tertiary/aromatic N) is 1. The lowest BCUT2D eigenvalue weighted by molar-refractivity contribution is 0.0215. The Labute approximate surface area is 213 Å². The van der Waals surface area contributed by atoms with Crippen molar-refractivity contribution in [2.24, 2.45) is 11.8 Å². The molecule has 1 aliphatic carbocycles.